The molecule has 1 amide bonds. The van der Waals surface area contributed by atoms with E-state index in [1.54, 1.807) is 31.2 Å². The number of aromatic nitrogens is 1. The third-order valence-electron chi connectivity index (χ3n) is 3.72. The summed E-state index contributed by atoms with van der Waals surface area (Å²) >= 11 is 1.02. The summed E-state index contributed by atoms with van der Waals surface area (Å²) in [6.45, 7) is 1.71. The first kappa shape index (κ1) is 18.6. The molecule has 0 aliphatic heterocycles. The number of nitrogens with zero attached hydrogens (tertiary/aromatic N) is 2. The number of carbonyl (C=O) groups is 1. The van der Waals surface area contributed by atoms with Gasteiger partial charge in [-0.2, -0.15) is 0 Å². The van der Waals surface area contributed by atoms with E-state index in [0.717, 1.165) is 11.8 Å². The number of carbonyl (C=O) groups excluding carboxylic acids is 1. The van der Waals surface area contributed by atoms with E-state index in [-0.39, 0.29) is 11.3 Å². The second kappa shape index (κ2) is 8.00. The van der Waals surface area contributed by atoms with Gasteiger partial charge in [0.25, 0.3) is 11.6 Å². The van der Waals surface area contributed by atoms with Gasteiger partial charge in [0.05, 0.1) is 16.5 Å². The van der Waals surface area contributed by atoms with Crippen LogP contribution in [0.4, 0.5) is 10.1 Å². The Bertz CT molecular complexity index is 978. The van der Waals surface area contributed by atoms with Crippen LogP contribution in [0, 0.1) is 15.9 Å². The lowest BCUT2D eigenvalue weighted by atomic mass is 10.1. The molecule has 0 bridgehead atoms. The number of benzene rings is 2. The van der Waals surface area contributed by atoms with Gasteiger partial charge in [-0.15, -0.1) is 0 Å². The summed E-state index contributed by atoms with van der Waals surface area (Å²) in [7, 11) is 0. The zero-order chi connectivity index (χ0) is 19.4. The molecule has 0 aliphatic rings. The van der Waals surface area contributed by atoms with Crippen LogP contribution in [0.1, 0.15) is 29.0 Å². The van der Waals surface area contributed by atoms with Crippen molar-refractivity contribution in [2.24, 2.45) is 0 Å². The highest BCUT2D eigenvalue weighted by atomic mass is 32.2. The highest BCUT2D eigenvalue weighted by molar-refractivity contribution is 7.99. The van der Waals surface area contributed by atoms with Gasteiger partial charge in [-0.3, -0.25) is 14.9 Å². The van der Waals surface area contributed by atoms with Gasteiger partial charge >= 0.3 is 0 Å². The van der Waals surface area contributed by atoms with Crippen molar-refractivity contribution in [3.8, 4) is 0 Å². The molecule has 0 spiro atoms. The molecular weight excluding hydrogens is 373 g/mol. The monoisotopic (exact) mass is 387 g/mol. The molecule has 3 rings (SSSR count). The summed E-state index contributed by atoms with van der Waals surface area (Å²) in [6, 6.07) is 11.1. The fourth-order valence-electron chi connectivity index (χ4n) is 2.34. The van der Waals surface area contributed by atoms with Crippen molar-refractivity contribution in [1.82, 2.24) is 10.5 Å². The van der Waals surface area contributed by atoms with Crippen LogP contribution in [-0.2, 0) is 0 Å². The van der Waals surface area contributed by atoms with Crippen LogP contribution in [0.2, 0.25) is 0 Å². The van der Waals surface area contributed by atoms with E-state index in [0.29, 0.717) is 15.5 Å². The first-order chi connectivity index (χ1) is 13.0. The number of rotatable bonds is 6. The standard InChI is InChI=1S/C18H14FN3O4S/c1-11(15-8-9-26-21-15)20-18(23)13-10-12(22(24)25)6-7-16(13)27-17-5-3-2-4-14(17)19/h2-11H,1H3,(H,20,23)/t11-/m1/s1. The van der Waals surface area contributed by atoms with Gasteiger partial charge in [-0.25, -0.2) is 4.39 Å². The Hall–Kier alpha value is -3.20. The third-order valence-corrected chi connectivity index (χ3v) is 4.85. The topological polar surface area (TPSA) is 98.3 Å². The van der Waals surface area contributed by atoms with Crippen molar-refractivity contribution in [3.63, 3.8) is 0 Å². The summed E-state index contributed by atoms with van der Waals surface area (Å²) < 4.78 is 18.7. The number of amides is 1. The number of nitro benzene ring substituents is 1. The predicted octanol–water partition coefficient (Wildman–Crippen LogP) is 4.36. The fourth-order valence-corrected chi connectivity index (χ4v) is 3.28. The molecule has 27 heavy (non-hydrogen) atoms. The van der Waals surface area contributed by atoms with Crippen LogP contribution >= 0.6 is 11.8 Å². The Kier molecular flexibility index (Phi) is 5.51. The number of halogens is 1. The van der Waals surface area contributed by atoms with Crippen LogP contribution in [-0.4, -0.2) is 16.0 Å². The van der Waals surface area contributed by atoms with E-state index in [1.165, 1.54) is 30.5 Å². The van der Waals surface area contributed by atoms with Crippen molar-refractivity contribution >= 4 is 23.4 Å². The van der Waals surface area contributed by atoms with E-state index in [1.807, 2.05) is 0 Å². The van der Waals surface area contributed by atoms with Crippen LogP contribution in [0.25, 0.3) is 0 Å². The Morgan fingerprint density at radius 3 is 2.70 bits per heavy atom. The molecule has 0 saturated heterocycles. The molecule has 1 aromatic heterocycles. The average Bonchev–Trinajstić information content (AvgIpc) is 3.18. The zero-order valence-corrected chi connectivity index (χ0v) is 14.9. The maximum atomic E-state index is 14.0. The van der Waals surface area contributed by atoms with Crippen LogP contribution in [0.15, 0.2) is 69.1 Å². The minimum Gasteiger partial charge on any atom is -0.364 e. The highest BCUT2D eigenvalue weighted by Gasteiger charge is 2.21. The van der Waals surface area contributed by atoms with Crippen molar-refractivity contribution in [1.29, 1.82) is 0 Å². The molecule has 1 heterocycles. The highest BCUT2D eigenvalue weighted by Crippen LogP contribution is 2.34. The van der Waals surface area contributed by atoms with Crippen LogP contribution < -0.4 is 5.32 Å². The second-order valence-corrected chi connectivity index (χ2v) is 6.67. The summed E-state index contributed by atoms with van der Waals surface area (Å²) in [5.41, 5.74) is 0.358. The molecule has 9 heteroatoms. The van der Waals surface area contributed by atoms with Gasteiger partial charge in [0.1, 0.15) is 17.8 Å². The largest absolute Gasteiger partial charge is 0.364 e. The molecule has 0 aliphatic carbocycles. The van der Waals surface area contributed by atoms with Crippen molar-refractivity contribution in [2.45, 2.75) is 22.8 Å². The molecule has 138 valence electrons. The molecular formula is C18H14FN3O4S. The molecule has 0 unspecified atom stereocenters. The van der Waals surface area contributed by atoms with Gasteiger partial charge in [0, 0.05) is 28.0 Å². The number of hydrogen-bond donors (Lipinski definition) is 1. The molecule has 3 aromatic rings. The van der Waals surface area contributed by atoms with E-state index >= 15 is 0 Å². The molecule has 1 N–H and O–H groups in total. The van der Waals surface area contributed by atoms with Crippen LogP contribution in [0.5, 0.6) is 0 Å². The van der Waals surface area contributed by atoms with E-state index in [9.17, 15) is 19.3 Å². The van der Waals surface area contributed by atoms with E-state index in [4.69, 9.17) is 4.52 Å². The SMILES string of the molecule is C[C@@H](NC(=O)c1cc([N+](=O)[O-])ccc1Sc1ccccc1F)c1ccon1. The number of non-ortho nitro benzene ring substituents is 1. The van der Waals surface area contributed by atoms with Gasteiger partial charge in [-0.05, 0) is 25.1 Å². The maximum absolute atomic E-state index is 14.0. The van der Waals surface area contributed by atoms with Gasteiger partial charge in [-0.1, -0.05) is 29.1 Å². The summed E-state index contributed by atoms with van der Waals surface area (Å²) in [5, 5.41) is 17.6. The van der Waals surface area contributed by atoms with Gasteiger partial charge < -0.3 is 9.84 Å². The van der Waals surface area contributed by atoms with Crippen molar-refractivity contribution in [3.05, 3.63) is 82.0 Å². The second-order valence-electron chi connectivity index (χ2n) is 5.59. The minimum atomic E-state index is -0.588. The Labute approximate surface area is 157 Å². The normalized spacial score (nSPS) is 11.8. The van der Waals surface area contributed by atoms with E-state index < -0.39 is 22.7 Å². The van der Waals surface area contributed by atoms with Gasteiger partial charge in [0.15, 0.2) is 0 Å². The number of nitrogens with one attached hydrogen (secondary N) is 1. The number of nitro groups is 1. The minimum absolute atomic E-state index is 0.0767. The summed E-state index contributed by atoms with van der Waals surface area (Å²) in [5.74, 6) is -0.976. The first-order valence-electron chi connectivity index (χ1n) is 7.87. The molecule has 7 nitrogen and oxygen atoms in total. The average molecular weight is 387 g/mol. The smallest absolute Gasteiger partial charge is 0.270 e. The molecule has 0 fully saturated rings. The van der Waals surface area contributed by atoms with Gasteiger partial charge in [0.2, 0.25) is 0 Å². The van der Waals surface area contributed by atoms with Crippen molar-refractivity contribution in [2.75, 3.05) is 0 Å². The molecule has 2 aromatic carbocycles. The molecule has 0 radical (unpaired) electrons. The van der Waals surface area contributed by atoms with E-state index in [2.05, 4.69) is 10.5 Å². The predicted molar refractivity (Wildman–Crippen MR) is 96.0 cm³/mol. The fraction of sp³-hybridized carbons (Fsp3) is 0.111. The quantitative estimate of drug-likeness (QED) is 0.498. The third kappa shape index (κ3) is 4.32. The molecule has 1 atom stereocenters. The Morgan fingerprint density at radius 2 is 2.04 bits per heavy atom. The maximum Gasteiger partial charge on any atom is 0.270 e. The Balaban J connectivity index is 1.93. The lowest BCUT2D eigenvalue weighted by Gasteiger charge is -2.14. The summed E-state index contributed by atoms with van der Waals surface area (Å²) in [4.78, 5) is 23.9. The van der Waals surface area contributed by atoms with Crippen molar-refractivity contribution < 1.29 is 18.6 Å². The molecule has 0 saturated carbocycles. The number of hydrogen-bond acceptors (Lipinski definition) is 6. The lowest BCUT2D eigenvalue weighted by molar-refractivity contribution is -0.384. The first-order valence-corrected chi connectivity index (χ1v) is 8.69. The Morgan fingerprint density at radius 1 is 1.26 bits per heavy atom. The zero-order valence-electron chi connectivity index (χ0n) is 14.1. The summed E-state index contributed by atoms with van der Waals surface area (Å²) in [6.07, 6.45) is 1.38. The lowest BCUT2D eigenvalue weighted by Crippen LogP contribution is -2.27. The van der Waals surface area contributed by atoms with Crippen LogP contribution in [0.3, 0.4) is 0 Å².